The van der Waals surface area contributed by atoms with Gasteiger partial charge in [0.25, 0.3) is 0 Å². The third-order valence-corrected chi connectivity index (χ3v) is 3.92. The fourth-order valence-corrected chi connectivity index (χ4v) is 2.70. The summed E-state index contributed by atoms with van der Waals surface area (Å²) in [5.74, 6) is -0.0927. The molecule has 1 aliphatic rings. The second kappa shape index (κ2) is 5.83. The first-order valence-corrected chi connectivity index (χ1v) is 6.79. The highest BCUT2D eigenvalue weighted by molar-refractivity contribution is 5.98. The molecule has 0 unspecified atom stereocenters. The smallest absolute Gasteiger partial charge is 0.247 e. The molecular weight excluding hydrogens is 238 g/mol. The predicted molar refractivity (Wildman–Crippen MR) is 73.4 cm³/mol. The Labute approximate surface area is 114 Å². The highest BCUT2D eigenvalue weighted by atomic mass is 16.2. The van der Waals surface area contributed by atoms with E-state index >= 15 is 0 Å². The van der Waals surface area contributed by atoms with Crippen molar-refractivity contribution in [2.24, 2.45) is 5.41 Å². The number of nitrogens with zero attached hydrogens (tertiary/aromatic N) is 3. The number of anilines is 1. The fourth-order valence-electron chi connectivity index (χ4n) is 2.70. The van der Waals surface area contributed by atoms with Gasteiger partial charge in [-0.15, -0.1) is 0 Å². The van der Waals surface area contributed by atoms with E-state index in [9.17, 15) is 10.1 Å². The van der Waals surface area contributed by atoms with E-state index in [4.69, 9.17) is 0 Å². The van der Waals surface area contributed by atoms with E-state index in [0.717, 1.165) is 31.4 Å². The lowest BCUT2D eigenvalue weighted by molar-refractivity contribution is -0.125. The lowest BCUT2D eigenvalue weighted by atomic mass is 9.80. The summed E-state index contributed by atoms with van der Waals surface area (Å²) in [5.41, 5.74) is -0.104. The molecule has 1 aliphatic carbocycles. The maximum atomic E-state index is 12.7. The van der Waals surface area contributed by atoms with Crippen molar-refractivity contribution in [1.82, 2.24) is 4.98 Å². The number of carbonyl (C=O) groups excluding carboxylic acids is 1. The Morgan fingerprint density at radius 1 is 1.37 bits per heavy atom. The standard InChI is InChI=1S/C15H19N3O/c1-18(13-7-6-10-17-11-13)14(19)15(12-16)8-4-2-3-5-9-15/h6-7,10-11H,2-5,8-9H2,1H3. The molecule has 1 aromatic heterocycles. The number of rotatable bonds is 2. The molecular formula is C15H19N3O. The quantitative estimate of drug-likeness (QED) is 0.765. The number of hydrogen-bond donors (Lipinski definition) is 0. The van der Waals surface area contributed by atoms with Crippen LogP contribution in [0.5, 0.6) is 0 Å². The molecule has 0 radical (unpaired) electrons. The first-order valence-electron chi connectivity index (χ1n) is 6.79. The van der Waals surface area contributed by atoms with Crippen LogP contribution in [0.15, 0.2) is 24.5 Å². The lowest BCUT2D eigenvalue weighted by Gasteiger charge is -2.29. The molecule has 0 aliphatic heterocycles. The molecule has 0 aromatic carbocycles. The van der Waals surface area contributed by atoms with E-state index in [1.165, 1.54) is 0 Å². The maximum absolute atomic E-state index is 12.7. The summed E-state index contributed by atoms with van der Waals surface area (Å²) >= 11 is 0. The van der Waals surface area contributed by atoms with Crippen LogP contribution in [0.3, 0.4) is 0 Å². The van der Waals surface area contributed by atoms with Crippen molar-refractivity contribution in [1.29, 1.82) is 5.26 Å². The second-order valence-electron chi connectivity index (χ2n) is 5.18. The van der Waals surface area contributed by atoms with Gasteiger partial charge in [0.2, 0.25) is 5.91 Å². The third-order valence-electron chi connectivity index (χ3n) is 3.92. The Morgan fingerprint density at radius 2 is 2.05 bits per heavy atom. The van der Waals surface area contributed by atoms with Crippen molar-refractivity contribution in [3.63, 3.8) is 0 Å². The van der Waals surface area contributed by atoms with Crippen molar-refractivity contribution < 1.29 is 4.79 Å². The van der Waals surface area contributed by atoms with Crippen LogP contribution in [0.2, 0.25) is 0 Å². The number of pyridine rings is 1. The second-order valence-corrected chi connectivity index (χ2v) is 5.18. The number of carbonyl (C=O) groups is 1. The minimum atomic E-state index is -0.846. The van der Waals surface area contributed by atoms with Gasteiger partial charge in [-0.1, -0.05) is 25.7 Å². The van der Waals surface area contributed by atoms with Crippen LogP contribution in [0, 0.1) is 16.7 Å². The van der Waals surface area contributed by atoms with Gasteiger partial charge in [0, 0.05) is 13.2 Å². The van der Waals surface area contributed by atoms with Gasteiger partial charge < -0.3 is 4.90 Å². The number of nitriles is 1. The lowest BCUT2D eigenvalue weighted by Crippen LogP contribution is -2.41. The zero-order valence-electron chi connectivity index (χ0n) is 11.3. The SMILES string of the molecule is CN(C(=O)C1(C#N)CCCCCC1)c1cccnc1. The maximum Gasteiger partial charge on any atom is 0.247 e. The van der Waals surface area contributed by atoms with Gasteiger partial charge in [-0.25, -0.2) is 0 Å². The van der Waals surface area contributed by atoms with Crippen LogP contribution in [0.4, 0.5) is 5.69 Å². The zero-order chi connectivity index (χ0) is 13.7. The van der Waals surface area contributed by atoms with Crippen LogP contribution in [-0.2, 0) is 4.79 Å². The van der Waals surface area contributed by atoms with Crippen LogP contribution < -0.4 is 4.90 Å². The summed E-state index contributed by atoms with van der Waals surface area (Å²) in [6.07, 6.45) is 8.83. The first kappa shape index (κ1) is 13.5. The number of amides is 1. The van der Waals surface area contributed by atoms with E-state index in [2.05, 4.69) is 11.1 Å². The number of hydrogen-bond acceptors (Lipinski definition) is 3. The van der Waals surface area contributed by atoms with Crippen LogP contribution in [0.25, 0.3) is 0 Å². The molecule has 0 spiro atoms. The summed E-state index contributed by atoms with van der Waals surface area (Å²) in [4.78, 5) is 18.3. The van der Waals surface area contributed by atoms with Gasteiger partial charge in [-0.3, -0.25) is 9.78 Å². The zero-order valence-corrected chi connectivity index (χ0v) is 11.3. The summed E-state index contributed by atoms with van der Waals surface area (Å²) in [6.45, 7) is 0. The normalized spacial score (nSPS) is 18.1. The van der Waals surface area contributed by atoms with Crippen molar-refractivity contribution >= 4 is 11.6 Å². The minimum absolute atomic E-state index is 0.0927. The minimum Gasteiger partial charge on any atom is -0.313 e. The molecule has 1 heterocycles. The number of aromatic nitrogens is 1. The largest absolute Gasteiger partial charge is 0.313 e. The van der Waals surface area contributed by atoms with E-state index in [0.29, 0.717) is 12.8 Å². The Morgan fingerprint density at radius 3 is 2.58 bits per heavy atom. The van der Waals surface area contributed by atoms with Gasteiger partial charge in [0.15, 0.2) is 0 Å². The van der Waals surface area contributed by atoms with Crippen molar-refractivity contribution in [2.75, 3.05) is 11.9 Å². The molecule has 1 aromatic rings. The van der Waals surface area contributed by atoms with Crippen molar-refractivity contribution in [2.45, 2.75) is 38.5 Å². The average molecular weight is 257 g/mol. The van der Waals surface area contributed by atoms with E-state index < -0.39 is 5.41 Å². The Bertz CT molecular complexity index is 470. The monoisotopic (exact) mass is 257 g/mol. The molecule has 4 nitrogen and oxygen atoms in total. The highest BCUT2D eigenvalue weighted by Crippen LogP contribution is 2.36. The Balaban J connectivity index is 2.23. The van der Waals surface area contributed by atoms with E-state index in [1.54, 1.807) is 30.4 Å². The molecule has 0 atom stereocenters. The Kier molecular flexibility index (Phi) is 4.16. The van der Waals surface area contributed by atoms with Crippen molar-refractivity contribution in [3.8, 4) is 6.07 Å². The molecule has 2 rings (SSSR count). The molecule has 0 saturated heterocycles. The Hall–Kier alpha value is -1.89. The van der Waals surface area contributed by atoms with Gasteiger partial charge in [0.05, 0.1) is 18.0 Å². The molecule has 4 heteroatoms. The molecule has 0 bridgehead atoms. The van der Waals surface area contributed by atoms with E-state index in [-0.39, 0.29) is 5.91 Å². The average Bonchev–Trinajstić information content (AvgIpc) is 2.73. The van der Waals surface area contributed by atoms with Gasteiger partial charge >= 0.3 is 0 Å². The van der Waals surface area contributed by atoms with Gasteiger partial charge in [-0.05, 0) is 25.0 Å². The van der Waals surface area contributed by atoms with Crippen LogP contribution >= 0.6 is 0 Å². The molecule has 19 heavy (non-hydrogen) atoms. The summed E-state index contributed by atoms with van der Waals surface area (Å²) < 4.78 is 0. The van der Waals surface area contributed by atoms with Crippen LogP contribution in [-0.4, -0.2) is 17.9 Å². The predicted octanol–water partition coefficient (Wildman–Crippen LogP) is 2.91. The summed E-state index contributed by atoms with van der Waals surface area (Å²) in [6, 6.07) is 5.93. The molecule has 1 amide bonds. The molecule has 1 saturated carbocycles. The highest BCUT2D eigenvalue weighted by Gasteiger charge is 2.41. The summed E-state index contributed by atoms with van der Waals surface area (Å²) in [5, 5.41) is 9.52. The first-order chi connectivity index (χ1) is 9.19. The molecule has 100 valence electrons. The van der Waals surface area contributed by atoms with Crippen LogP contribution in [0.1, 0.15) is 38.5 Å². The molecule has 0 N–H and O–H groups in total. The third kappa shape index (κ3) is 2.76. The van der Waals surface area contributed by atoms with Crippen molar-refractivity contribution in [3.05, 3.63) is 24.5 Å². The summed E-state index contributed by atoms with van der Waals surface area (Å²) in [7, 11) is 1.73. The molecule has 1 fully saturated rings. The topological polar surface area (TPSA) is 57.0 Å². The fraction of sp³-hybridized carbons (Fsp3) is 0.533. The van der Waals surface area contributed by atoms with Gasteiger partial charge in [-0.2, -0.15) is 5.26 Å². The van der Waals surface area contributed by atoms with E-state index in [1.807, 2.05) is 6.07 Å². The van der Waals surface area contributed by atoms with Gasteiger partial charge in [0.1, 0.15) is 5.41 Å².